The van der Waals surface area contributed by atoms with Crippen molar-refractivity contribution in [3.05, 3.63) is 71.0 Å². The van der Waals surface area contributed by atoms with E-state index in [1.54, 1.807) is 29.8 Å². The average Bonchev–Trinajstić information content (AvgIpc) is 3.35. The van der Waals surface area contributed by atoms with Crippen molar-refractivity contribution in [2.45, 2.75) is 57.3 Å². The summed E-state index contributed by atoms with van der Waals surface area (Å²) in [6, 6.07) is 11.5. The Morgan fingerprint density at radius 3 is 2.60 bits per heavy atom. The number of benzene rings is 2. The molecule has 0 radical (unpaired) electrons. The molecule has 1 aromatic heterocycles. The van der Waals surface area contributed by atoms with Gasteiger partial charge in [0.15, 0.2) is 9.84 Å². The molecule has 11 nitrogen and oxygen atoms in total. The summed E-state index contributed by atoms with van der Waals surface area (Å²) in [5.41, 5.74) is 3.12. The molecule has 2 heterocycles. The minimum Gasteiger partial charge on any atom is -0.493 e. The molecule has 2 amide bonds. The highest BCUT2D eigenvalue weighted by molar-refractivity contribution is 7.90. The number of nitrogens with zero attached hydrogens (tertiary/aromatic N) is 4. The van der Waals surface area contributed by atoms with Gasteiger partial charge in [-0.15, -0.1) is 5.10 Å². The Bertz CT molecular complexity index is 1440. The molecular weight excluding hydrogens is 532 g/mol. The molecule has 1 aliphatic heterocycles. The third kappa shape index (κ3) is 8.12. The molecule has 2 N–H and O–H groups in total. The predicted molar refractivity (Wildman–Crippen MR) is 150 cm³/mol. The summed E-state index contributed by atoms with van der Waals surface area (Å²) in [5.74, 6) is -0.168. The summed E-state index contributed by atoms with van der Waals surface area (Å²) < 4.78 is 31.4. The van der Waals surface area contributed by atoms with E-state index in [2.05, 4.69) is 25.8 Å². The lowest BCUT2D eigenvalue weighted by molar-refractivity contribution is -0.122. The summed E-state index contributed by atoms with van der Waals surface area (Å²) in [5, 5.41) is 14.3. The maximum atomic E-state index is 13.0. The second-order valence-electron chi connectivity index (χ2n) is 10.1. The van der Waals surface area contributed by atoms with Crippen molar-refractivity contribution < 1.29 is 22.7 Å². The number of carbonyl (C=O) groups excluding carboxylic acids is 2. The number of hydrogen-bond donors (Lipinski definition) is 2. The van der Waals surface area contributed by atoms with Gasteiger partial charge in [-0.05, 0) is 55.7 Å². The Morgan fingerprint density at radius 2 is 1.85 bits per heavy atom. The van der Waals surface area contributed by atoms with Crippen LogP contribution in [0.4, 0.5) is 0 Å². The van der Waals surface area contributed by atoms with Crippen LogP contribution in [0.3, 0.4) is 0 Å². The molecule has 0 saturated carbocycles. The highest BCUT2D eigenvalue weighted by atomic mass is 32.2. The molecule has 2 bridgehead atoms. The van der Waals surface area contributed by atoms with Gasteiger partial charge in [-0.1, -0.05) is 23.4 Å². The van der Waals surface area contributed by atoms with E-state index in [0.717, 1.165) is 16.8 Å². The largest absolute Gasteiger partial charge is 0.493 e. The van der Waals surface area contributed by atoms with Crippen molar-refractivity contribution in [1.82, 2.24) is 30.5 Å². The fourth-order valence-electron chi connectivity index (χ4n) is 4.42. The SMILES string of the molecule is Cc1ccc2c(c1)OCCCn1cc(nn1)CN(Cc1ccc(S(C)(=O)=O)cc1)CCCNC(=O)[C@@H](C)NC2=O. The number of ether oxygens (including phenoxy) is 1. The summed E-state index contributed by atoms with van der Waals surface area (Å²) in [6.07, 6.45) is 4.42. The number of aryl methyl sites for hydroxylation is 2. The van der Waals surface area contributed by atoms with Crippen LogP contribution in [0, 0.1) is 6.92 Å². The molecule has 0 unspecified atom stereocenters. The Labute approximate surface area is 234 Å². The van der Waals surface area contributed by atoms with Crippen molar-refractivity contribution in [3.63, 3.8) is 0 Å². The van der Waals surface area contributed by atoms with Gasteiger partial charge < -0.3 is 15.4 Å². The number of hydrogen-bond acceptors (Lipinski definition) is 8. The maximum absolute atomic E-state index is 13.0. The zero-order chi connectivity index (χ0) is 28.7. The summed E-state index contributed by atoms with van der Waals surface area (Å²) in [4.78, 5) is 28.1. The predicted octanol–water partition coefficient (Wildman–Crippen LogP) is 2.10. The minimum atomic E-state index is -3.27. The van der Waals surface area contributed by atoms with E-state index in [1.807, 2.05) is 37.4 Å². The number of rotatable bonds is 3. The van der Waals surface area contributed by atoms with E-state index < -0.39 is 15.9 Å². The first-order chi connectivity index (χ1) is 19.1. The van der Waals surface area contributed by atoms with Gasteiger partial charge in [0, 0.05) is 51.6 Å². The fraction of sp³-hybridized carbons (Fsp3) is 0.429. The van der Waals surface area contributed by atoms with Crippen LogP contribution < -0.4 is 15.4 Å². The minimum absolute atomic E-state index is 0.272. The van der Waals surface area contributed by atoms with E-state index in [9.17, 15) is 18.0 Å². The van der Waals surface area contributed by atoms with Gasteiger partial charge in [-0.2, -0.15) is 0 Å². The summed E-state index contributed by atoms with van der Waals surface area (Å²) in [7, 11) is -3.27. The van der Waals surface area contributed by atoms with E-state index in [-0.39, 0.29) is 16.7 Å². The standard InChI is InChI=1S/C28H36N6O5S/c1-20-6-11-25-26(16-20)39-15-5-14-34-19-23(31-32-34)18-33(13-4-12-29-27(35)21(2)30-28(25)36)17-22-7-9-24(10-8-22)40(3,37)38/h6-11,16,19,21H,4-5,12-15,17-18H2,1-3H3,(H,29,35)(H,30,36)/t21-/m1/s1. The van der Waals surface area contributed by atoms with Crippen LogP contribution in [0.1, 0.15) is 46.9 Å². The third-order valence-corrected chi connectivity index (χ3v) is 7.72. The van der Waals surface area contributed by atoms with Crippen molar-refractivity contribution in [2.75, 3.05) is 26.0 Å². The molecule has 1 atom stereocenters. The van der Waals surface area contributed by atoms with Gasteiger partial charge in [-0.3, -0.25) is 19.2 Å². The molecule has 4 rings (SSSR count). The van der Waals surface area contributed by atoms with Gasteiger partial charge >= 0.3 is 0 Å². The van der Waals surface area contributed by atoms with Gasteiger partial charge in [0.2, 0.25) is 5.91 Å². The monoisotopic (exact) mass is 568 g/mol. The van der Waals surface area contributed by atoms with Crippen LogP contribution in [-0.2, 0) is 34.3 Å². The quantitative estimate of drug-likeness (QED) is 0.491. The van der Waals surface area contributed by atoms with Gasteiger partial charge in [0.05, 0.1) is 22.8 Å². The first kappa shape index (κ1) is 29.2. The molecule has 0 saturated heterocycles. The van der Waals surface area contributed by atoms with Crippen molar-refractivity contribution >= 4 is 21.7 Å². The van der Waals surface area contributed by atoms with Crippen molar-refractivity contribution in [3.8, 4) is 5.75 Å². The highest BCUT2D eigenvalue weighted by Gasteiger charge is 2.20. The fourth-order valence-corrected chi connectivity index (χ4v) is 5.05. The second-order valence-corrected chi connectivity index (χ2v) is 12.2. The lowest BCUT2D eigenvalue weighted by Crippen LogP contribution is -2.45. The van der Waals surface area contributed by atoms with Crippen molar-refractivity contribution in [2.24, 2.45) is 0 Å². The Balaban J connectivity index is 1.49. The number of fused-ring (bicyclic) bond motifs is 3. The number of carbonyl (C=O) groups is 2. The van der Waals surface area contributed by atoms with E-state index in [4.69, 9.17) is 4.74 Å². The molecular formula is C28H36N6O5S. The van der Waals surface area contributed by atoms with E-state index in [0.29, 0.717) is 63.5 Å². The second kappa shape index (κ2) is 13.1. The lowest BCUT2D eigenvalue weighted by atomic mass is 10.1. The van der Waals surface area contributed by atoms with Crippen LogP contribution >= 0.6 is 0 Å². The number of aromatic nitrogens is 3. The molecule has 2 aromatic carbocycles. The molecule has 0 spiro atoms. The summed E-state index contributed by atoms with van der Waals surface area (Å²) in [6.45, 7) is 6.75. The van der Waals surface area contributed by atoms with Crippen molar-refractivity contribution in [1.29, 1.82) is 0 Å². The maximum Gasteiger partial charge on any atom is 0.255 e. The zero-order valence-corrected chi connectivity index (χ0v) is 23.9. The molecule has 214 valence electrons. The third-order valence-electron chi connectivity index (χ3n) is 6.59. The molecule has 40 heavy (non-hydrogen) atoms. The first-order valence-electron chi connectivity index (χ1n) is 13.3. The van der Waals surface area contributed by atoms with Crippen LogP contribution in [0.25, 0.3) is 0 Å². The number of sulfone groups is 1. The zero-order valence-electron chi connectivity index (χ0n) is 23.1. The summed E-state index contributed by atoms with van der Waals surface area (Å²) >= 11 is 0. The van der Waals surface area contributed by atoms with Crippen LogP contribution in [-0.4, -0.2) is 72.1 Å². The molecule has 12 heteroatoms. The van der Waals surface area contributed by atoms with Gasteiger partial charge in [0.1, 0.15) is 11.8 Å². The normalized spacial score (nSPS) is 18.3. The molecule has 3 aromatic rings. The number of amides is 2. The van der Waals surface area contributed by atoms with Crippen LogP contribution in [0.2, 0.25) is 0 Å². The topological polar surface area (TPSA) is 136 Å². The van der Waals surface area contributed by atoms with E-state index >= 15 is 0 Å². The molecule has 0 aliphatic carbocycles. The molecule has 1 aliphatic rings. The number of nitrogens with one attached hydrogen (secondary N) is 2. The Hall–Kier alpha value is -3.77. The van der Waals surface area contributed by atoms with E-state index in [1.165, 1.54) is 6.26 Å². The molecule has 0 fully saturated rings. The lowest BCUT2D eigenvalue weighted by Gasteiger charge is -2.22. The smallest absolute Gasteiger partial charge is 0.255 e. The Kier molecular flexibility index (Phi) is 9.54. The van der Waals surface area contributed by atoms with Gasteiger partial charge in [-0.25, -0.2) is 8.42 Å². The van der Waals surface area contributed by atoms with Gasteiger partial charge in [0.25, 0.3) is 5.91 Å². The highest BCUT2D eigenvalue weighted by Crippen LogP contribution is 2.21. The van der Waals surface area contributed by atoms with Crippen LogP contribution in [0.5, 0.6) is 5.75 Å². The first-order valence-corrected chi connectivity index (χ1v) is 15.2. The van der Waals surface area contributed by atoms with Crippen LogP contribution in [0.15, 0.2) is 53.6 Å². The average molecular weight is 569 g/mol. The Morgan fingerprint density at radius 1 is 1.07 bits per heavy atom.